The molecule has 3 aliphatic rings. The van der Waals surface area contributed by atoms with E-state index >= 15 is 0 Å². The molecule has 0 aromatic heterocycles. The van der Waals surface area contributed by atoms with Gasteiger partial charge in [0.1, 0.15) is 6.04 Å². The number of carbonyl (C=O) groups excluding carboxylic acids is 2. The zero-order chi connectivity index (χ0) is 36.7. The first kappa shape index (κ1) is 37.8. The van der Waals surface area contributed by atoms with Gasteiger partial charge < -0.3 is 35.8 Å². The summed E-state index contributed by atoms with van der Waals surface area (Å²) in [6.45, 7) is 0.275. The van der Waals surface area contributed by atoms with E-state index in [4.69, 9.17) is 32.0 Å². The summed E-state index contributed by atoms with van der Waals surface area (Å²) in [6.07, 6.45) is 3.27. The molecule has 272 valence electrons. The molecule has 5 N–H and O–H groups in total. The summed E-state index contributed by atoms with van der Waals surface area (Å²) in [6, 6.07) is 15.3. The molecule has 0 spiro atoms. The fraction of sp³-hybridized carbons (Fsp3) is 0.378. The molecule has 51 heavy (non-hydrogen) atoms. The summed E-state index contributed by atoms with van der Waals surface area (Å²) in [5.41, 5.74) is 10.1. The molecule has 10 nitrogen and oxygen atoms in total. The van der Waals surface area contributed by atoms with Gasteiger partial charge in [0.2, 0.25) is 11.7 Å². The van der Waals surface area contributed by atoms with Crippen molar-refractivity contribution >= 4 is 35.5 Å². The van der Waals surface area contributed by atoms with E-state index in [0.29, 0.717) is 49.0 Å². The van der Waals surface area contributed by atoms with Crippen molar-refractivity contribution in [1.82, 2.24) is 15.1 Å². The quantitative estimate of drug-likeness (QED) is 0.123. The van der Waals surface area contributed by atoms with E-state index in [-0.39, 0.29) is 43.5 Å². The van der Waals surface area contributed by atoms with Gasteiger partial charge in [0, 0.05) is 42.3 Å². The number of aryl methyl sites for hydroxylation is 1. The highest BCUT2D eigenvalue weighted by molar-refractivity contribution is 6.31. The van der Waals surface area contributed by atoms with Crippen LogP contribution in [0, 0.1) is 17.5 Å². The molecule has 2 heterocycles. The number of nitrogens with zero attached hydrogens (tertiary/aromatic N) is 2. The van der Waals surface area contributed by atoms with E-state index in [1.807, 2.05) is 53.4 Å². The number of ether oxygens (including phenoxy) is 1. The van der Waals surface area contributed by atoms with Gasteiger partial charge >= 0.3 is 0 Å². The van der Waals surface area contributed by atoms with Crippen molar-refractivity contribution in [2.45, 2.75) is 62.8 Å². The number of rotatable bonds is 12. The first-order valence-corrected chi connectivity index (χ1v) is 17.1. The Bertz CT molecular complexity index is 1760. The van der Waals surface area contributed by atoms with Gasteiger partial charge in [-0.15, -0.1) is 0 Å². The molecule has 14 heteroatoms. The Morgan fingerprint density at radius 3 is 2.41 bits per heavy atom. The number of nitrogens with one attached hydrogen (secondary N) is 1. The van der Waals surface area contributed by atoms with E-state index in [2.05, 4.69) is 5.32 Å². The summed E-state index contributed by atoms with van der Waals surface area (Å²) < 4.78 is 46.5. The maximum Gasteiger partial charge on any atom is 0.290 e. The van der Waals surface area contributed by atoms with Crippen molar-refractivity contribution in [2.75, 3.05) is 26.3 Å². The zero-order valence-electron chi connectivity index (χ0n) is 27.7. The van der Waals surface area contributed by atoms with Gasteiger partial charge in [0.05, 0.1) is 19.3 Å². The van der Waals surface area contributed by atoms with Crippen molar-refractivity contribution in [2.24, 2.45) is 5.73 Å². The van der Waals surface area contributed by atoms with Crippen LogP contribution < -0.4 is 15.8 Å². The van der Waals surface area contributed by atoms with E-state index in [1.165, 1.54) is 0 Å². The molecule has 3 atom stereocenters. The molecule has 3 aromatic carbocycles. The van der Waals surface area contributed by atoms with Crippen LogP contribution in [0.1, 0.15) is 42.4 Å². The third kappa shape index (κ3) is 9.09. The van der Waals surface area contributed by atoms with Gasteiger partial charge in [0.15, 0.2) is 17.4 Å². The SMILES string of the molecule is N[C@@H](CO)C(=O)N1C[C@H]2CC(c3ccc(CCCOc4c(F)ccc(F)c4F)cc3)=C(C(=O)N(Cc3ccccc3Cl)C3CC3)[C@@H](C1)N2.O=CO. The highest BCUT2D eigenvalue weighted by atomic mass is 35.5. The topological polar surface area (TPSA) is 145 Å². The fourth-order valence-electron chi connectivity index (χ4n) is 6.54. The van der Waals surface area contributed by atoms with Crippen molar-refractivity contribution in [3.63, 3.8) is 0 Å². The Balaban J connectivity index is 0.00000162. The van der Waals surface area contributed by atoms with Gasteiger partial charge in [-0.05, 0) is 72.6 Å². The van der Waals surface area contributed by atoms with Crippen LogP contribution in [-0.4, -0.2) is 88.8 Å². The second-order valence-electron chi connectivity index (χ2n) is 12.7. The average molecular weight is 729 g/mol. The number of carbonyl (C=O) groups is 3. The number of amides is 2. The van der Waals surface area contributed by atoms with Crippen LogP contribution in [0.4, 0.5) is 13.2 Å². The van der Waals surface area contributed by atoms with Crippen LogP contribution in [0.25, 0.3) is 5.57 Å². The number of aliphatic hydroxyl groups is 1. The summed E-state index contributed by atoms with van der Waals surface area (Å²) in [5, 5.41) is 20.6. The monoisotopic (exact) mass is 728 g/mol. The Hall–Kier alpha value is -4.43. The lowest BCUT2D eigenvalue weighted by Crippen LogP contribution is -2.64. The lowest BCUT2D eigenvalue weighted by atomic mass is 9.82. The second kappa shape index (κ2) is 17.2. The Labute approximate surface area is 298 Å². The normalized spacial score (nSPS) is 18.7. The molecule has 1 aliphatic carbocycles. The number of aliphatic hydroxyl groups excluding tert-OH is 1. The van der Waals surface area contributed by atoms with E-state index < -0.39 is 41.9 Å². The number of hydrogen-bond donors (Lipinski definition) is 4. The Morgan fingerprint density at radius 2 is 1.75 bits per heavy atom. The summed E-state index contributed by atoms with van der Waals surface area (Å²) in [5.74, 6) is -4.66. The van der Waals surface area contributed by atoms with Crippen molar-refractivity contribution in [3.8, 4) is 5.75 Å². The van der Waals surface area contributed by atoms with Crippen molar-refractivity contribution in [1.29, 1.82) is 0 Å². The second-order valence-corrected chi connectivity index (χ2v) is 13.1. The maximum atomic E-state index is 14.6. The van der Waals surface area contributed by atoms with Crippen LogP contribution >= 0.6 is 11.6 Å². The molecule has 6 rings (SSSR count). The first-order chi connectivity index (χ1) is 24.6. The Morgan fingerprint density at radius 1 is 1.06 bits per heavy atom. The number of carboxylic acid groups (broad SMARTS) is 1. The smallest absolute Gasteiger partial charge is 0.290 e. The highest BCUT2D eigenvalue weighted by Gasteiger charge is 2.43. The molecule has 3 aromatic rings. The maximum absolute atomic E-state index is 14.6. The molecule has 1 saturated heterocycles. The van der Waals surface area contributed by atoms with Crippen LogP contribution in [0.2, 0.25) is 5.02 Å². The van der Waals surface area contributed by atoms with E-state index in [0.717, 1.165) is 41.2 Å². The van der Waals surface area contributed by atoms with Gasteiger partial charge in [0.25, 0.3) is 12.4 Å². The van der Waals surface area contributed by atoms with Crippen molar-refractivity contribution < 1.29 is 42.5 Å². The predicted octanol–water partition coefficient (Wildman–Crippen LogP) is 4.31. The van der Waals surface area contributed by atoms with Crippen LogP contribution in [0.15, 0.2) is 66.2 Å². The first-order valence-electron chi connectivity index (χ1n) is 16.7. The number of piperazine rings is 1. The number of hydrogen-bond acceptors (Lipinski definition) is 7. The van der Waals surface area contributed by atoms with Crippen LogP contribution in [0.3, 0.4) is 0 Å². The molecule has 1 saturated carbocycles. The molecule has 2 amide bonds. The summed E-state index contributed by atoms with van der Waals surface area (Å²) in [4.78, 5) is 39.5. The fourth-order valence-corrected chi connectivity index (χ4v) is 6.74. The van der Waals surface area contributed by atoms with Gasteiger partial charge in [-0.3, -0.25) is 14.4 Å². The number of nitrogens with two attached hydrogens (primary N) is 1. The molecular formula is C37H40ClF3N4O6. The standard InChI is InChI=1S/C36H38ClF3N4O4.CH2O2/c37-27-6-2-1-5-23(27)17-44(25-11-12-25)36(47)32-26(16-24-18-43(19-31(32)42-24)35(46)30(41)20-45)22-9-7-21(8-10-22)4-3-15-48-34-29(39)14-13-28(38)33(34)40;2-1-3/h1-2,5-10,13-14,24-25,30-31,42,45H,3-4,11-12,15-20,41H2;1H,(H,2,3)/t24-,30+,31-;/m1./s1. The van der Waals surface area contributed by atoms with Gasteiger partial charge in [-0.1, -0.05) is 54.1 Å². The zero-order valence-corrected chi connectivity index (χ0v) is 28.5. The van der Waals surface area contributed by atoms with Crippen LogP contribution in [0.5, 0.6) is 5.75 Å². The lowest BCUT2D eigenvalue weighted by Gasteiger charge is -2.45. The van der Waals surface area contributed by atoms with E-state index in [1.54, 1.807) is 4.90 Å². The Kier molecular flexibility index (Phi) is 12.7. The minimum atomic E-state index is -1.35. The molecular weight excluding hydrogens is 689 g/mol. The number of fused-ring (bicyclic) bond motifs is 2. The molecule has 2 aliphatic heterocycles. The average Bonchev–Trinajstić information content (AvgIpc) is 3.97. The summed E-state index contributed by atoms with van der Waals surface area (Å²) >= 11 is 6.51. The minimum absolute atomic E-state index is 0.00450. The van der Waals surface area contributed by atoms with E-state index in [9.17, 15) is 27.9 Å². The third-order valence-corrected chi connectivity index (χ3v) is 9.54. The molecule has 0 radical (unpaired) electrons. The molecule has 0 unspecified atom stereocenters. The minimum Gasteiger partial charge on any atom is -0.488 e. The van der Waals surface area contributed by atoms with Crippen molar-refractivity contribution in [3.05, 3.63) is 105 Å². The highest BCUT2D eigenvalue weighted by Crippen LogP contribution is 2.38. The largest absolute Gasteiger partial charge is 0.488 e. The predicted molar refractivity (Wildman–Crippen MR) is 184 cm³/mol. The molecule has 2 bridgehead atoms. The molecule has 2 fully saturated rings. The number of halogens is 4. The third-order valence-electron chi connectivity index (χ3n) is 9.17. The lowest BCUT2D eigenvalue weighted by molar-refractivity contribution is -0.136. The van der Waals surface area contributed by atoms with Crippen LogP contribution in [-0.2, 0) is 27.3 Å². The number of benzene rings is 3. The summed E-state index contributed by atoms with van der Waals surface area (Å²) in [7, 11) is 0. The van der Waals surface area contributed by atoms with Gasteiger partial charge in [-0.2, -0.15) is 4.39 Å². The van der Waals surface area contributed by atoms with Gasteiger partial charge in [-0.25, -0.2) is 8.78 Å².